The van der Waals surface area contributed by atoms with Crippen LogP contribution in [0.15, 0.2) is 60.7 Å². The van der Waals surface area contributed by atoms with Crippen LogP contribution in [0.2, 0.25) is 0 Å². The van der Waals surface area contributed by atoms with Crippen LogP contribution in [0.25, 0.3) is 0 Å². The van der Waals surface area contributed by atoms with E-state index in [2.05, 4.69) is 97.2 Å². The van der Waals surface area contributed by atoms with Crippen molar-refractivity contribution in [2.24, 2.45) is 0 Å². The fourth-order valence-corrected chi connectivity index (χ4v) is 2.37. The average Bonchev–Trinajstić information content (AvgIpc) is 2.40. The molecule has 0 N–H and O–H groups in total. The normalized spacial score (nSPS) is 10.1. The monoisotopic (exact) mass is 369 g/mol. The molecule has 0 saturated carbocycles. The molecule has 2 aromatic carbocycles. The van der Waals surface area contributed by atoms with E-state index >= 15 is 0 Å². The molecule has 18 heavy (non-hydrogen) atoms. The predicted octanol–water partition coefficient (Wildman–Crippen LogP) is 1.85. The first-order valence-corrected chi connectivity index (χ1v) is 7.61. The first-order chi connectivity index (χ1) is 8.75. The molecule has 0 bridgehead atoms. The first kappa shape index (κ1) is 13.6. The summed E-state index contributed by atoms with van der Waals surface area (Å²) in [6, 6.07) is 21.1. The molecule has 0 amide bonds. The van der Waals surface area contributed by atoms with Gasteiger partial charge in [0.15, 0.2) is 0 Å². The Morgan fingerprint density at radius 1 is 0.833 bits per heavy atom. The van der Waals surface area contributed by atoms with Gasteiger partial charge >= 0.3 is 125 Å². The zero-order chi connectivity index (χ0) is 12.8. The summed E-state index contributed by atoms with van der Waals surface area (Å²) in [4.78, 5) is 2.32. The van der Waals surface area contributed by atoms with Crippen molar-refractivity contribution < 1.29 is 0 Å². The molecule has 1 nitrogen and oxygen atoms in total. The van der Waals surface area contributed by atoms with Gasteiger partial charge in [0.25, 0.3) is 0 Å². The van der Waals surface area contributed by atoms with E-state index in [1.165, 1.54) is 11.1 Å². The number of rotatable bonds is 5. The second-order valence-corrected chi connectivity index (χ2v) is 7.29. The van der Waals surface area contributed by atoms with Gasteiger partial charge in [0.1, 0.15) is 0 Å². The Morgan fingerprint density at radius 3 is 1.56 bits per heavy atom. The SMILES string of the molecule is [Se]=C([SeH])N(Cc1ccccc1)Cc1ccccc1. The van der Waals surface area contributed by atoms with Crippen LogP contribution in [-0.4, -0.2) is 39.9 Å². The van der Waals surface area contributed by atoms with Crippen molar-refractivity contribution in [3.8, 4) is 0 Å². The van der Waals surface area contributed by atoms with Gasteiger partial charge in [-0.05, 0) is 0 Å². The summed E-state index contributed by atoms with van der Waals surface area (Å²) in [6.45, 7) is 1.85. The third kappa shape index (κ3) is 4.11. The molecule has 2 aromatic rings. The average molecular weight is 367 g/mol. The fraction of sp³-hybridized carbons (Fsp3) is 0.133. The van der Waals surface area contributed by atoms with Crippen LogP contribution in [0.3, 0.4) is 0 Å². The van der Waals surface area contributed by atoms with Crippen LogP contribution >= 0.6 is 0 Å². The van der Waals surface area contributed by atoms with Gasteiger partial charge in [0.05, 0.1) is 0 Å². The molecule has 0 fully saturated rings. The van der Waals surface area contributed by atoms with E-state index in [1.54, 1.807) is 0 Å². The van der Waals surface area contributed by atoms with Crippen molar-refractivity contribution in [2.45, 2.75) is 13.1 Å². The zero-order valence-corrected chi connectivity index (χ0v) is 13.6. The molecule has 0 spiro atoms. The maximum atomic E-state index is 3.10. The van der Waals surface area contributed by atoms with E-state index in [9.17, 15) is 0 Å². The molecule has 2 rings (SSSR count). The van der Waals surface area contributed by atoms with Gasteiger partial charge in [0, 0.05) is 0 Å². The van der Waals surface area contributed by atoms with Gasteiger partial charge in [-0.2, -0.15) is 0 Å². The van der Waals surface area contributed by atoms with Crippen molar-refractivity contribution >= 4 is 35.0 Å². The summed E-state index contributed by atoms with van der Waals surface area (Å²) in [5.41, 5.74) is 2.65. The van der Waals surface area contributed by atoms with Gasteiger partial charge in [-0.15, -0.1) is 0 Å². The van der Waals surface area contributed by atoms with E-state index < -0.39 is 0 Å². The third-order valence-corrected chi connectivity index (χ3v) is 3.84. The number of hydrogen-bond acceptors (Lipinski definition) is 1. The van der Waals surface area contributed by atoms with Crippen LogP contribution in [0.5, 0.6) is 0 Å². The van der Waals surface area contributed by atoms with Crippen molar-refractivity contribution in [3.63, 3.8) is 0 Å². The van der Waals surface area contributed by atoms with Crippen LogP contribution in [-0.2, 0) is 13.1 Å². The molecule has 0 radical (unpaired) electrons. The Balaban J connectivity index is 2.08. The molecule has 92 valence electrons. The predicted molar refractivity (Wildman–Crippen MR) is 80.0 cm³/mol. The van der Waals surface area contributed by atoms with Gasteiger partial charge in [0.2, 0.25) is 0 Å². The summed E-state index contributed by atoms with van der Waals surface area (Å²) >= 11 is 5.69. The minimum absolute atomic E-state index is 0.923. The summed E-state index contributed by atoms with van der Waals surface area (Å²) in [6.07, 6.45) is 0. The van der Waals surface area contributed by atoms with Crippen LogP contribution in [0.1, 0.15) is 11.1 Å². The van der Waals surface area contributed by atoms with E-state index in [1.807, 2.05) is 0 Å². The second kappa shape index (κ2) is 6.92. The van der Waals surface area contributed by atoms with E-state index in [0.717, 1.165) is 16.5 Å². The molecular formula is C15H15NSe2. The fourth-order valence-electron chi connectivity index (χ4n) is 1.80. The Bertz CT molecular complexity index is 455. The molecule has 0 unspecified atom stereocenters. The van der Waals surface area contributed by atoms with Crippen LogP contribution in [0, 0.1) is 0 Å². The Hall–Kier alpha value is -0.851. The summed E-state index contributed by atoms with van der Waals surface area (Å²) in [5.74, 6) is 0. The molecular weight excluding hydrogens is 352 g/mol. The molecule has 0 aliphatic rings. The van der Waals surface area contributed by atoms with E-state index in [0.29, 0.717) is 0 Å². The minimum atomic E-state index is 0.923. The number of nitrogens with zero attached hydrogens (tertiary/aromatic N) is 1. The number of hydrogen-bond donors (Lipinski definition) is 0. The second-order valence-electron chi connectivity index (χ2n) is 4.11. The van der Waals surface area contributed by atoms with E-state index in [4.69, 9.17) is 0 Å². The van der Waals surface area contributed by atoms with Crippen molar-refractivity contribution in [1.82, 2.24) is 4.90 Å². The third-order valence-electron chi connectivity index (χ3n) is 2.70. The summed E-state index contributed by atoms with van der Waals surface area (Å²) < 4.78 is 1.16. The Morgan fingerprint density at radius 2 is 1.22 bits per heavy atom. The molecule has 0 saturated heterocycles. The van der Waals surface area contributed by atoms with Crippen molar-refractivity contribution in [1.29, 1.82) is 0 Å². The maximum absolute atomic E-state index is 3.10. The quantitative estimate of drug-likeness (QED) is 0.730. The molecule has 3 heteroatoms. The molecule has 0 aliphatic heterocycles. The molecule has 0 heterocycles. The van der Waals surface area contributed by atoms with Gasteiger partial charge in [-0.1, -0.05) is 0 Å². The topological polar surface area (TPSA) is 3.24 Å². The Labute approximate surface area is 124 Å². The standard InChI is InChI=1S/C15H15NSe2/c17-15(18)16(11-13-7-3-1-4-8-13)12-14-9-5-2-6-10-14/h1-10H,11-12H2,(H,17,18). The summed E-state index contributed by atoms with van der Waals surface area (Å²) in [7, 11) is 0. The van der Waals surface area contributed by atoms with Crippen LogP contribution < -0.4 is 0 Å². The number of benzene rings is 2. The van der Waals surface area contributed by atoms with E-state index in [-0.39, 0.29) is 0 Å². The van der Waals surface area contributed by atoms with Crippen molar-refractivity contribution in [3.05, 3.63) is 71.8 Å². The Kier molecular flexibility index (Phi) is 5.22. The van der Waals surface area contributed by atoms with Crippen molar-refractivity contribution in [2.75, 3.05) is 0 Å². The van der Waals surface area contributed by atoms with Gasteiger partial charge < -0.3 is 0 Å². The zero-order valence-electron chi connectivity index (χ0n) is 9.99. The molecule has 0 aromatic heterocycles. The molecule has 0 atom stereocenters. The molecule has 0 aliphatic carbocycles. The van der Waals surface area contributed by atoms with Gasteiger partial charge in [-0.3, -0.25) is 0 Å². The van der Waals surface area contributed by atoms with Crippen LogP contribution in [0.4, 0.5) is 0 Å². The first-order valence-electron chi connectivity index (χ1n) is 5.81. The van der Waals surface area contributed by atoms with Gasteiger partial charge in [-0.25, -0.2) is 0 Å². The summed E-state index contributed by atoms with van der Waals surface area (Å²) in [5, 5.41) is 0.